The fourth-order valence-corrected chi connectivity index (χ4v) is 6.79. The molecule has 1 fully saturated rings. The second kappa shape index (κ2) is 8.27. The number of ether oxygens (including phenoxy) is 1. The van der Waals surface area contributed by atoms with Gasteiger partial charge >= 0.3 is 6.09 Å². The summed E-state index contributed by atoms with van der Waals surface area (Å²) in [6, 6.07) is 11.8. The van der Waals surface area contributed by atoms with Crippen LogP contribution in [0.3, 0.4) is 0 Å². The molecule has 1 saturated carbocycles. The quantitative estimate of drug-likeness (QED) is 0.477. The Hall–Kier alpha value is -1.81. The summed E-state index contributed by atoms with van der Waals surface area (Å²) < 4.78 is 6.70. The zero-order valence-corrected chi connectivity index (χ0v) is 20.9. The minimum Gasteiger partial charge on any atom is -0.410 e. The Morgan fingerprint density at radius 3 is 2.58 bits per heavy atom. The van der Waals surface area contributed by atoms with Crippen molar-refractivity contribution in [1.82, 2.24) is 0 Å². The maximum atomic E-state index is 12.7. The average Bonchev–Trinajstić information content (AvgIpc) is 2.68. The molecule has 2 aliphatic carbocycles. The molecule has 0 spiro atoms. The van der Waals surface area contributed by atoms with Crippen LogP contribution in [0.2, 0.25) is 0 Å². The summed E-state index contributed by atoms with van der Waals surface area (Å²) in [5.74, 6) is 1.68. The average molecular weight is 484 g/mol. The van der Waals surface area contributed by atoms with E-state index < -0.39 is 6.09 Å². The van der Waals surface area contributed by atoms with Crippen LogP contribution < -0.4 is 10.1 Å². The molecule has 2 aliphatic rings. The van der Waals surface area contributed by atoms with Crippen molar-refractivity contribution in [2.24, 2.45) is 11.3 Å². The molecule has 0 heterocycles. The molecule has 2 aromatic carbocycles. The van der Waals surface area contributed by atoms with Crippen LogP contribution >= 0.6 is 15.9 Å². The third kappa shape index (κ3) is 4.04. The first-order valence-electron chi connectivity index (χ1n) is 11.5. The van der Waals surface area contributed by atoms with Gasteiger partial charge in [-0.3, -0.25) is 5.32 Å². The molecule has 2 aromatic rings. The highest BCUT2D eigenvalue weighted by atomic mass is 79.9. The van der Waals surface area contributed by atoms with E-state index in [1.54, 1.807) is 0 Å². The van der Waals surface area contributed by atoms with E-state index >= 15 is 0 Å². The number of hydrogen-bond donors (Lipinski definition) is 1. The van der Waals surface area contributed by atoms with Crippen LogP contribution in [0, 0.1) is 11.3 Å². The lowest BCUT2D eigenvalue weighted by molar-refractivity contribution is 0.0404. The first-order chi connectivity index (χ1) is 14.6. The highest BCUT2D eigenvalue weighted by Gasteiger charge is 2.50. The van der Waals surface area contributed by atoms with Crippen LogP contribution in [0.25, 0.3) is 0 Å². The van der Waals surface area contributed by atoms with Gasteiger partial charge in [-0.25, -0.2) is 4.79 Å². The maximum absolute atomic E-state index is 12.7. The summed E-state index contributed by atoms with van der Waals surface area (Å²) in [6.45, 7) is 11.8. The largest absolute Gasteiger partial charge is 0.417 e. The Labute approximate surface area is 195 Å². The maximum Gasteiger partial charge on any atom is 0.417 e. The van der Waals surface area contributed by atoms with Crippen molar-refractivity contribution in [2.45, 2.75) is 78.1 Å². The number of anilines is 1. The molecule has 1 unspecified atom stereocenters. The summed E-state index contributed by atoms with van der Waals surface area (Å²) in [5.41, 5.74) is 5.38. The number of rotatable bonds is 3. The molecule has 0 aliphatic heterocycles. The van der Waals surface area contributed by atoms with E-state index in [0.29, 0.717) is 22.8 Å². The van der Waals surface area contributed by atoms with E-state index in [2.05, 4.69) is 61.9 Å². The van der Waals surface area contributed by atoms with Crippen molar-refractivity contribution < 1.29 is 9.53 Å². The van der Waals surface area contributed by atoms with Crippen molar-refractivity contribution in [3.05, 3.63) is 57.6 Å². The highest BCUT2D eigenvalue weighted by Crippen LogP contribution is 2.58. The molecule has 0 aromatic heterocycles. The van der Waals surface area contributed by atoms with Crippen LogP contribution in [-0.2, 0) is 11.8 Å². The van der Waals surface area contributed by atoms with Gasteiger partial charge in [-0.2, -0.15) is 0 Å². The minimum absolute atomic E-state index is 0.203. The van der Waals surface area contributed by atoms with Gasteiger partial charge in [0.15, 0.2) is 0 Å². The molecule has 0 bridgehead atoms. The number of carbonyl (C=O) groups is 1. The van der Waals surface area contributed by atoms with Crippen LogP contribution in [0.4, 0.5) is 10.5 Å². The molecule has 0 saturated heterocycles. The van der Waals surface area contributed by atoms with Crippen molar-refractivity contribution in [3.63, 3.8) is 0 Å². The van der Waals surface area contributed by atoms with Gasteiger partial charge in [-0.1, -0.05) is 59.2 Å². The number of carbonyl (C=O) groups excluding carboxylic acids is 1. The standard InChI is InChI=1S/C27H34BrNO2/c1-17(2)24-18-11-14-23-26(3,4)15-8-16-27(23,5)19(18)12-13-22(24)31-25(30)29-21-10-7-6-9-20(21)28/h6-7,9-10,12-13,17,23H,8,11,14-16H2,1-5H3,(H,29,30)/t23?,27-/m1/s1. The monoisotopic (exact) mass is 483 g/mol. The fourth-order valence-electron chi connectivity index (χ4n) is 6.41. The molecule has 2 atom stereocenters. The zero-order valence-electron chi connectivity index (χ0n) is 19.3. The summed E-state index contributed by atoms with van der Waals surface area (Å²) in [7, 11) is 0. The smallest absolute Gasteiger partial charge is 0.410 e. The van der Waals surface area contributed by atoms with Gasteiger partial charge in [0.05, 0.1) is 5.69 Å². The molecule has 3 nitrogen and oxygen atoms in total. The molecule has 4 rings (SSSR count). The number of fused-ring (bicyclic) bond motifs is 3. The van der Waals surface area contributed by atoms with Gasteiger partial charge in [0.1, 0.15) is 5.75 Å². The first kappa shape index (κ1) is 22.4. The molecule has 31 heavy (non-hydrogen) atoms. The molecular weight excluding hydrogens is 450 g/mol. The SMILES string of the molecule is CC(C)c1c(OC(=O)Nc2ccccc2Br)ccc2c1CCC1C(C)(C)CCC[C@]21C. The molecule has 1 amide bonds. The topological polar surface area (TPSA) is 38.3 Å². The summed E-state index contributed by atoms with van der Waals surface area (Å²) >= 11 is 3.47. The molecule has 0 radical (unpaired) electrons. The Kier molecular flexibility index (Phi) is 5.97. The summed E-state index contributed by atoms with van der Waals surface area (Å²) in [4.78, 5) is 12.7. The molecule has 4 heteroatoms. The fraction of sp³-hybridized carbons (Fsp3) is 0.519. The third-order valence-electron chi connectivity index (χ3n) is 7.74. The minimum atomic E-state index is -0.451. The Bertz CT molecular complexity index is 997. The molecule has 1 N–H and O–H groups in total. The van der Waals surface area contributed by atoms with Crippen LogP contribution in [0.5, 0.6) is 5.75 Å². The number of para-hydroxylation sites is 1. The van der Waals surface area contributed by atoms with Gasteiger partial charge in [-0.05, 0) is 93.6 Å². The second-order valence-electron chi connectivity index (χ2n) is 10.5. The summed E-state index contributed by atoms with van der Waals surface area (Å²) in [6.07, 6.45) is 5.67. The number of benzene rings is 2. The number of hydrogen-bond acceptors (Lipinski definition) is 2. The van der Waals surface area contributed by atoms with E-state index in [1.807, 2.05) is 30.3 Å². The van der Waals surface area contributed by atoms with Crippen LogP contribution in [-0.4, -0.2) is 6.09 Å². The lowest BCUT2D eigenvalue weighted by atomic mass is 9.50. The Morgan fingerprint density at radius 2 is 1.87 bits per heavy atom. The normalized spacial score (nSPS) is 24.3. The zero-order chi connectivity index (χ0) is 22.4. The van der Waals surface area contributed by atoms with Crippen molar-refractivity contribution >= 4 is 27.7 Å². The van der Waals surface area contributed by atoms with Crippen molar-refractivity contribution in [3.8, 4) is 5.75 Å². The van der Waals surface area contributed by atoms with Gasteiger partial charge in [0.25, 0.3) is 0 Å². The molecular formula is C27H34BrNO2. The van der Waals surface area contributed by atoms with E-state index in [9.17, 15) is 4.79 Å². The van der Waals surface area contributed by atoms with E-state index in [4.69, 9.17) is 4.74 Å². The highest BCUT2D eigenvalue weighted by molar-refractivity contribution is 9.10. The predicted molar refractivity (Wildman–Crippen MR) is 131 cm³/mol. The van der Waals surface area contributed by atoms with Crippen molar-refractivity contribution in [2.75, 3.05) is 5.32 Å². The predicted octanol–water partition coefficient (Wildman–Crippen LogP) is 8.21. The second-order valence-corrected chi connectivity index (χ2v) is 11.4. The van der Waals surface area contributed by atoms with Gasteiger partial charge in [0.2, 0.25) is 0 Å². The third-order valence-corrected chi connectivity index (χ3v) is 8.43. The van der Waals surface area contributed by atoms with Crippen molar-refractivity contribution in [1.29, 1.82) is 0 Å². The number of nitrogens with one attached hydrogen (secondary N) is 1. The van der Waals surface area contributed by atoms with Gasteiger partial charge in [0, 0.05) is 10.0 Å². The van der Waals surface area contributed by atoms with E-state index in [-0.39, 0.29) is 11.3 Å². The Morgan fingerprint density at radius 1 is 1.13 bits per heavy atom. The summed E-state index contributed by atoms with van der Waals surface area (Å²) in [5, 5.41) is 2.86. The first-order valence-corrected chi connectivity index (χ1v) is 12.3. The van der Waals surface area contributed by atoms with E-state index in [0.717, 1.165) is 10.9 Å². The van der Waals surface area contributed by atoms with Crippen LogP contribution in [0.1, 0.15) is 82.9 Å². The van der Waals surface area contributed by atoms with Crippen LogP contribution in [0.15, 0.2) is 40.9 Å². The van der Waals surface area contributed by atoms with Gasteiger partial charge < -0.3 is 4.74 Å². The lowest BCUT2D eigenvalue weighted by Gasteiger charge is -2.54. The number of amides is 1. The van der Waals surface area contributed by atoms with Gasteiger partial charge in [-0.15, -0.1) is 0 Å². The molecule has 166 valence electrons. The number of halogens is 1. The Balaban J connectivity index is 1.68. The lowest BCUT2D eigenvalue weighted by Crippen LogP contribution is -2.48. The van der Waals surface area contributed by atoms with E-state index in [1.165, 1.54) is 42.4 Å².